The molecule has 8 heavy (non-hydrogen) atoms. The third-order valence-electron chi connectivity index (χ3n) is 0.690. The van der Waals surface area contributed by atoms with E-state index in [-0.39, 0.29) is 12.4 Å². The molecule has 0 aromatic heterocycles. The van der Waals surface area contributed by atoms with Crippen molar-refractivity contribution in [3.05, 3.63) is 0 Å². The molecular formula is C4H11ClN2S. The predicted molar refractivity (Wildman–Crippen MR) is 42.5 cm³/mol. The highest BCUT2D eigenvalue weighted by Crippen LogP contribution is 1.80. The van der Waals surface area contributed by atoms with E-state index in [0.29, 0.717) is 11.6 Å². The van der Waals surface area contributed by atoms with Gasteiger partial charge in [-0.3, -0.25) is 5.41 Å². The monoisotopic (exact) mass is 154 g/mol. The Balaban J connectivity index is 0. The van der Waals surface area contributed by atoms with Gasteiger partial charge in [0.25, 0.3) is 0 Å². The molecule has 0 aliphatic heterocycles. The van der Waals surface area contributed by atoms with Crippen LogP contribution in [-0.4, -0.2) is 30.6 Å². The Hall–Kier alpha value is 0.110. The lowest BCUT2D eigenvalue weighted by Gasteiger charge is -2.09. The lowest BCUT2D eigenvalue weighted by molar-refractivity contribution is 0.615. The standard InChI is InChI=1S/C4H10N2S.ClH/c1-6(2)4(5)3-7;/h5,7H,3H2,1-2H3;1H. The van der Waals surface area contributed by atoms with Crippen LogP contribution in [0, 0.1) is 5.41 Å². The highest BCUT2D eigenvalue weighted by atomic mass is 35.5. The Labute approximate surface area is 61.6 Å². The molecule has 0 aromatic rings. The minimum absolute atomic E-state index is 0. The summed E-state index contributed by atoms with van der Waals surface area (Å²) in [6.45, 7) is 0. The zero-order valence-electron chi connectivity index (χ0n) is 5.01. The molecule has 0 atom stereocenters. The summed E-state index contributed by atoms with van der Waals surface area (Å²) in [6.07, 6.45) is 0. The van der Waals surface area contributed by atoms with Crippen LogP contribution in [0.3, 0.4) is 0 Å². The molecule has 0 rings (SSSR count). The lowest BCUT2D eigenvalue weighted by atomic mass is 10.6. The minimum atomic E-state index is 0. The molecule has 0 heterocycles. The Kier molecular flexibility index (Phi) is 7.21. The molecule has 0 unspecified atom stereocenters. The van der Waals surface area contributed by atoms with Gasteiger partial charge in [-0.05, 0) is 0 Å². The van der Waals surface area contributed by atoms with Gasteiger partial charge in [-0.2, -0.15) is 12.6 Å². The molecule has 0 amide bonds. The molecule has 0 saturated heterocycles. The summed E-state index contributed by atoms with van der Waals surface area (Å²) in [7, 11) is 3.66. The SMILES string of the molecule is CN(C)C(=N)CS.Cl. The van der Waals surface area contributed by atoms with E-state index in [0.717, 1.165) is 0 Å². The maximum atomic E-state index is 7.04. The Morgan fingerprint density at radius 2 is 2.00 bits per heavy atom. The second-order valence-corrected chi connectivity index (χ2v) is 1.82. The van der Waals surface area contributed by atoms with Crippen molar-refractivity contribution in [2.45, 2.75) is 0 Å². The molecule has 0 bridgehead atoms. The summed E-state index contributed by atoms with van der Waals surface area (Å²) < 4.78 is 0. The number of nitrogens with zero attached hydrogens (tertiary/aromatic N) is 1. The van der Waals surface area contributed by atoms with Crippen molar-refractivity contribution in [1.82, 2.24) is 4.90 Å². The average Bonchev–Trinajstić information content (AvgIpc) is 1.65. The van der Waals surface area contributed by atoms with E-state index in [1.165, 1.54) is 0 Å². The first-order valence-corrected chi connectivity index (χ1v) is 2.67. The molecule has 4 heteroatoms. The van der Waals surface area contributed by atoms with Gasteiger partial charge < -0.3 is 4.90 Å². The summed E-state index contributed by atoms with van der Waals surface area (Å²) in [5.41, 5.74) is 0. The van der Waals surface area contributed by atoms with Crippen LogP contribution in [0.2, 0.25) is 0 Å². The molecule has 2 nitrogen and oxygen atoms in total. The molecule has 0 saturated carbocycles. The smallest absolute Gasteiger partial charge is 0.105 e. The third-order valence-corrected chi connectivity index (χ3v) is 0.989. The van der Waals surface area contributed by atoms with Gasteiger partial charge in [0.1, 0.15) is 5.84 Å². The van der Waals surface area contributed by atoms with Gasteiger partial charge in [0, 0.05) is 19.8 Å². The van der Waals surface area contributed by atoms with Gasteiger partial charge in [0.2, 0.25) is 0 Å². The van der Waals surface area contributed by atoms with Crippen LogP contribution >= 0.6 is 25.0 Å². The van der Waals surface area contributed by atoms with Gasteiger partial charge in [-0.25, -0.2) is 0 Å². The lowest BCUT2D eigenvalue weighted by Crippen LogP contribution is -2.21. The zero-order chi connectivity index (χ0) is 5.86. The molecule has 1 N–H and O–H groups in total. The van der Waals surface area contributed by atoms with Crippen molar-refractivity contribution in [3.8, 4) is 0 Å². The van der Waals surface area contributed by atoms with Crippen molar-refractivity contribution in [2.24, 2.45) is 0 Å². The molecule has 50 valence electrons. The number of nitrogens with one attached hydrogen (secondary N) is 1. The Morgan fingerprint density at radius 3 is 2.00 bits per heavy atom. The van der Waals surface area contributed by atoms with Crippen molar-refractivity contribution >= 4 is 30.9 Å². The van der Waals surface area contributed by atoms with Crippen LogP contribution < -0.4 is 0 Å². The first-order valence-electron chi connectivity index (χ1n) is 2.04. The van der Waals surface area contributed by atoms with E-state index in [1.807, 2.05) is 14.1 Å². The fourth-order valence-electron chi connectivity index (χ4n) is 0.141. The number of rotatable bonds is 1. The van der Waals surface area contributed by atoms with E-state index in [2.05, 4.69) is 12.6 Å². The minimum Gasteiger partial charge on any atom is -0.366 e. The maximum absolute atomic E-state index is 7.04. The van der Waals surface area contributed by atoms with Crippen LogP contribution in [0.15, 0.2) is 0 Å². The Bertz CT molecular complexity index is 74.4. The highest BCUT2D eigenvalue weighted by Gasteiger charge is 1.90. The third kappa shape index (κ3) is 4.27. The number of hydrogen-bond acceptors (Lipinski definition) is 2. The van der Waals surface area contributed by atoms with Crippen LogP contribution in [0.1, 0.15) is 0 Å². The van der Waals surface area contributed by atoms with Crippen LogP contribution in [0.5, 0.6) is 0 Å². The zero-order valence-corrected chi connectivity index (χ0v) is 6.72. The Morgan fingerprint density at radius 1 is 1.62 bits per heavy atom. The summed E-state index contributed by atoms with van der Waals surface area (Å²) in [4.78, 5) is 1.73. The van der Waals surface area contributed by atoms with Gasteiger partial charge >= 0.3 is 0 Å². The van der Waals surface area contributed by atoms with Crippen molar-refractivity contribution in [3.63, 3.8) is 0 Å². The molecule has 0 aromatic carbocycles. The number of amidine groups is 1. The molecule has 0 radical (unpaired) electrons. The quantitative estimate of drug-likeness (QED) is 0.328. The average molecular weight is 155 g/mol. The maximum Gasteiger partial charge on any atom is 0.105 e. The topological polar surface area (TPSA) is 27.1 Å². The molecule has 0 fully saturated rings. The summed E-state index contributed by atoms with van der Waals surface area (Å²) >= 11 is 3.89. The van der Waals surface area contributed by atoms with E-state index >= 15 is 0 Å². The summed E-state index contributed by atoms with van der Waals surface area (Å²) in [5, 5.41) is 7.04. The van der Waals surface area contributed by atoms with Crippen molar-refractivity contribution in [1.29, 1.82) is 5.41 Å². The highest BCUT2D eigenvalue weighted by molar-refractivity contribution is 7.81. The van der Waals surface area contributed by atoms with Crippen LogP contribution in [0.25, 0.3) is 0 Å². The largest absolute Gasteiger partial charge is 0.366 e. The summed E-state index contributed by atoms with van der Waals surface area (Å²) in [6, 6.07) is 0. The van der Waals surface area contributed by atoms with E-state index in [1.54, 1.807) is 4.90 Å². The van der Waals surface area contributed by atoms with Gasteiger partial charge in [0.15, 0.2) is 0 Å². The van der Waals surface area contributed by atoms with Gasteiger partial charge in [0.05, 0.1) is 0 Å². The fourth-order valence-corrected chi connectivity index (χ4v) is 0.424. The molecule has 0 aliphatic rings. The molecule has 0 spiro atoms. The predicted octanol–water partition coefficient (Wildman–Crippen LogP) is 0.877. The first-order chi connectivity index (χ1) is 3.18. The van der Waals surface area contributed by atoms with E-state index in [4.69, 9.17) is 5.41 Å². The summed E-state index contributed by atoms with van der Waals surface area (Å²) in [5.74, 6) is 1.07. The first kappa shape index (κ1) is 11.0. The van der Waals surface area contributed by atoms with Gasteiger partial charge in [-0.1, -0.05) is 0 Å². The van der Waals surface area contributed by atoms with E-state index in [9.17, 15) is 0 Å². The second kappa shape index (κ2) is 5.25. The van der Waals surface area contributed by atoms with Crippen LogP contribution in [-0.2, 0) is 0 Å². The second-order valence-electron chi connectivity index (χ2n) is 1.50. The number of halogens is 1. The van der Waals surface area contributed by atoms with Crippen LogP contribution in [0.4, 0.5) is 0 Å². The normalized spacial score (nSPS) is 7.38. The van der Waals surface area contributed by atoms with E-state index < -0.39 is 0 Å². The molecular weight excluding hydrogens is 144 g/mol. The molecule has 0 aliphatic carbocycles. The number of thiol groups is 1. The van der Waals surface area contributed by atoms with Crippen molar-refractivity contribution < 1.29 is 0 Å². The van der Waals surface area contributed by atoms with Gasteiger partial charge in [-0.15, -0.1) is 12.4 Å². The number of hydrogen-bond donors (Lipinski definition) is 2. The van der Waals surface area contributed by atoms with Crippen molar-refractivity contribution in [2.75, 3.05) is 19.8 Å². The fraction of sp³-hybridized carbons (Fsp3) is 0.750.